The van der Waals surface area contributed by atoms with Crippen LogP contribution in [0.15, 0.2) is 9.59 Å². The van der Waals surface area contributed by atoms with E-state index in [1.54, 1.807) is 0 Å². The zero-order valence-electron chi connectivity index (χ0n) is 8.59. The van der Waals surface area contributed by atoms with Crippen molar-refractivity contribution in [2.45, 2.75) is 19.8 Å². The minimum absolute atomic E-state index is 0.0443. The topological polar surface area (TPSA) is 111 Å². The summed E-state index contributed by atoms with van der Waals surface area (Å²) in [7, 11) is 0. The van der Waals surface area contributed by atoms with Crippen LogP contribution in [0.4, 0.5) is 0 Å². The molecule has 0 aliphatic rings. The van der Waals surface area contributed by atoms with Gasteiger partial charge in [-0.05, 0) is 6.92 Å². The second-order valence-electron chi connectivity index (χ2n) is 3.52. The summed E-state index contributed by atoms with van der Waals surface area (Å²) >= 11 is 0. The Morgan fingerprint density at radius 2 is 2.00 bits per heavy atom. The molecule has 0 spiro atoms. The van der Waals surface area contributed by atoms with Crippen molar-refractivity contribution in [3.8, 4) is 0 Å². The molecule has 0 saturated heterocycles. The highest BCUT2D eigenvalue weighted by molar-refractivity contribution is 5.75. The highest BCUT2D eigenvalue weighted by Crippen LogP contribution is 2.03. The van der Waals surface area contributed by atoms with Gasteiger partial charge in [0.25, 0.3) is 5.56 Å². The minimum atomic E-state index is -0.595. The molecule has 84 valence electrons. The van der Waals surface area contributed by atoms with Crippen LogP contribution in [0, 0.1) is 0 Å². The number of hydrogen-bond acceptors (Lipinski definition) is 4. The first-order valence-electron chi connectivity index (χ1n) is 4.77. The third kappa shape index (κ3) is 1.92. The van der Waals surface area contributed by atoms with Gasteiger partial charge in [-0.25, -0.2) is 9.78 Å². The number of ketones is 1. The second kappa shape index (κ2) is 3.76. The number of carbonyl (C=O) groups is 1. The Labute approximate surface area is 88.9 Å². The monoisotopic (exact) mass is 222 g/mol. The number of carbonyl (C=O) groups excluding carboxylic acids is 1. The lowest BCUT2D eigenvalue weighted by Gasteiger charge is -1.90. The summed E-state index contributed by atoms with van der Waals surface area (Å²) in [5, 5.41) is 0. The molecule has 0 aliphatic carbocycles. The number of aryl methyl sites for hydroxylation is 1. The molecule has 0 bridgehead atoms. The third-order valence-electron chi connectivity index (χ3n) is 2.15. The highest BCUT2D eigenvalue weighted by atomic mass is 16.2. The number of hydrogen-bond donors (Lipinski definition) is 3. The molecule has 7 nitrogen and oxygen atoms in total. The first kappa shape index (κ1) is 10.3. The molecule has 7 heteroatoms. The maximum absolute atomic E-state index is 11.3. The number of imidazole rings is 1. The van der Waals surface area contributed by atoms with Gasteiger partial charge in [0.1, 0.15) is 17.1 Å². The Balaban J connectivity index is 2.44. The van der Waals surface area contributed by atoms with Gasteiger partial charge >= 0.3 is 5.69 Å². The fourth-order valence-corrected chi connectivity index (χ4v) is 1.39. The average molecular weight is 222 g/mol. The third-order valence-corrected chi connectivity index (χ3v) is 2.15. The van der Waals surface area contributed by atoms with Crippen LogP contribution in [-0.2, 0) is 11.2 Å². The van der Waals surface area contributed by atoms with Crippen molar-refractivity contribution in [3.63, 3.8) is 0 Å². The van der Waals surface area contributed by atoms with Crippen molar-refractivity contribution in [1.29, 1.82) is 0 Å². The van der Waals surface area contributed by atoms with Gasteiger partial charge in [0, 0.05) is 12.8 Å². The number of Topliss-reactive ketones (excluding diaryl/α,β-unsaturated/α-hetero) is 1. The number of nitrogens with one attached hydrogen (secondary N) is 3. The fourth-order valence-electron chi connectivity index (χ4n) is 1.39. The van der Waals surface area contributed by atoms with Crippen molar-refractivity contribution in [2.24, 2.45) is 0 Å². The lowest BCUT2D eigenvalue weighted by atomic mass is 10.2. The SMILES string of the molecule is CC(=O)CCc1nc2[nH]c(=O)[nH]c(=O)c2[nH]1. The molecule has 2 aromatic rings. The zero-order valence-corrected chi connectivity index (χ0v) is 8.59. The highest BCUT2D eigenvalue weighted by Gasteiger charge is 2.07. The molecule has 2 rings (SSSR count). The van der Waals surface area contributed by atoms with Crippen LogP contribution in [0.1, 0.15) is 19.2 Å². The summed E-state index contributed by atoms with van der Waals surface area (Å²) < 4.78 is 0. The zero-order chi connectivity index (χ0) is 11.7. The van der Waals surface area contributed by atoms with Gasteiger partial charge in [0.05, 0.1) is 0 Å². The Morgan fingerprint density at radius 1 is 1.25 bits per heavy atom. The summed E-state index contributed by atoms with van der Waals surface area (Å²) in [5.74, 6) is 0.556. The number of nitrogens with zero attached hydrogens (tertiary/aromatic N) is 1. The van der Waals surface area contributed by atoms with E-state index in [2.05, 4.69) is 19.9 Å². The predicted octanol–water partition coefficient (Wildman–Crippen LogP) is -0.539. The molecule has 16 heavy (non-hydrogen) atoms. The van der Waals surface area contributed by atoms with Gasteiger partial charge in [0.2, 0.25) is 0 Å². The number of rotatable bonds is 3. The average Bonchev–Trinajstić information content (AvgIpc) is 2.57. The van der Waals surface area contributed by atoms with Gasteiger partial charge in [-0.15, -0.1) is 0 Å². The van der Waals surface area contributed by atoms with Crippen LogP contribution in [0.2, 0.25) is 0 Å². The largest absolute Gasteiger partial charge is 0.336 e. The number of aromatic nitrogens is 4. The lowest BCUT2D eigenvalue weighted by Crippen LogP contribution is -2.21. The van der Waals surface area contributed by atoms with E-state index in [-0.39, 0.29) is 16.9 Å². The Hall–Kier alpha value is -2.18. The quantitative estimate of drug-likeness (QED) is 0.647. The predicted molar refractivity (Wildman–Crippen MR) is 56.3 cm³/mol. The molecule has 0 radical (unpaired) electrons. The molecular formula is C9H10N4O3. The van der Waals surface area contributed by atoms with Gasteiger partial charge in [-0.3, -0.25) is 14.8 Å². The molecule has 0 aliphatic heterocycles. The molecule has 3 N–H and O–H groups in total. The fraction of sp³-hybridized carbons (Fsp3) is 0.333. The minimum Gasteiger partial charge on any atom is -0.336 e. The maximum Gasteiger partial charge on any atom is 0.327 e. The Morgan fingerprint density at radius 3 is 2.69 bits per heavy atom. The molecule has 0 amide bonds. The maximum atomic E-state index is 11.3. The van der Waals surface area contributed by atoms with Crippen LogP contribution in [-0.4, -0.2) is 25.7 Å². The molecular weight excluding hydrogens is 212 g/mol. The van der Waals surface area contributed by atoms with Crippen LogP contribution >= 0.6 is 0 Å². The van der Waals surface area contributed by atoms with E-state index in [1.807, 2.05) is 0 Å². The van der Waals surface area contributed by atoms with E-state index >= 15 is 0 Å². The lowest BCUT2D eigenvalue weighted by molar-refractivity contribution is -0.117. The Kier molecular flexibility index (Phi) is 2.43. The second-order valence-corrected chi connectivity index (χ2v) is 3.52. The summed E-state index contributed by atoms with van der Waals surface area (Å²) in [5.41, 5.74) is -0.673. The standard InChI is InChI=1S/C9H10N4O3/c1-4(14)2-3-5-10-6-7(11-5)12-9(16)13-8(6)15/h2-3H2,1H3,(H3,10,11,12,13,15,16). The van der Waals surface area contributed by atoms with E-state index < -0.39 is 11.2 Å². The molecule has 0 saturated carbocycles. The van der Waals surface area contributed by atoms with Crippen molar-refractivity contribution in [2.75, 3.05) is 0 Å². The smallest absolute Gasteiger partial charge is 0.327 e. The van der Waals surface area contributed by atoms with Gasteiger partial charge in [-0.1, -0.05) is 0 Å². The summed E-state index contributed by atoms with van der Waals surface area (Å²) in [4.78, 5) is 44.4. The Bertz CT molecular complexity index is 649. The summed E-state index contributed by atoms with van der Waals surface area (Å²) in [6, 6.07) is 0. The van der Waals surface area contributed by atoms with Crippen LogP contribution in [0.5, 0.6) is 0 Å². The van der Waals surface area contributed by atoms with Gasteiger partial charge in [0.15, 0.2) is 5.65 Å². The van der Waals surface area contributed by atoms with Gasteiger partial charge < -0.3 is 9.78 Å². The molecule has 2 heterocycles. The van der Waals surface area contributed by atoms with Crippen LogP contribution in [0.3, 0.4) is 0 Å². The molecule has 0 unspecified atom stereocenters. The van der Waals surface area contributed by atoms with Gasteiger partial charge in [-0.2, -0.15) is 0 Å². The normalized spacial score (nSPS) is 10.8. The van der Waals surface area contributed by atoms with E-state index in [9.17, 15) is 14.4 Å². The first-order valence-corrected chi connectivity index (χ1v) is 4.77. The first-order chi connectivity index (χ1) is 7.56. The molecule has 0 fully saturated rings. The molecule has 0 atom stereocenters. The van der Waals surface area contributed by atoms with E-state index in [1.165, 1.54) is 6.92 Å². The van der Waals surface area contributed by atoms with Crippen LogP contribution in [0.25, 0.3) is 11.2 Å². The number of fused-ring (bicyclic) bond motifs is 1. The summed E-state index contributed by atoms with van der Waals surface area (Å²) in [6.45, 7) is 1.48. The molecule has 2 aromatic heterocycles. The number of H-pyrrole nitrogens is 3. The van der Waals surface area contributed by atoms with Crippen LogP contribution < -0.4 is 11.2 Å². The van der Waals surface area contributed by atoms with E-state index in [0.29, 0.717) is 18.7 Å². The van der Waals surface area contributed by atoms with Crippen molar-refractivity contribution in [3.05, 3.63) is 26.7 Å². The number of aromatic amines is 3. The van der Waals surface area contributed by atoms with E-state index in [4.69, 9.17) is 0 Å². The molecule has 0 aromatic carbocycles. The van der Waals surface area contributed by atoms with Crippen molar-refractivity contribution < 1.29 is 4.79 Å². The summed E-state index contributed by atoms with van der Waals surface area (Å²) in [6.07, 6.45) is 0.771. The van der Waals surface area contributed by atoms with E-state index in [0.717, 1.165) is 0 Å². The van der Waals surface area contributed by atoms with Crippen molar-refractivity contribution in [1.82, 2.24) is 19.9 Å². The van der Waals surface area contributed by atoms with Crippen molar-refractivity contribution >= 4 is 16.9 Å².